The lowest BCUT2D eigenvalue weighted by molar-refractivity contribution is -0.147. The van der Waals surface area contributed by atoms with Gasteiger partial charge in [-0.2, -0.15) is 13.2 Å². The summed E-state index contributed by atoms with van der Waals surface area (Å²) >= 11 is 0. The summed E-state index contributed by atoms with van der Waals surface area (Å²) in [6, 6.07) is 0.384. The fourth-order valence-electron chi connectivity index (χ4n) is 2.06. The van der Waals surface area contributed by atoms with Gasteiger partial charge in [0.1, 0.15) is 12.8 Å². The Morgan fingerprint density at radius 2 is 2.14 bits per heavy atom. The number of carbonyl (C=O) groups excluding carboxylic acids is 1. The number of alkyl halides is 3. The molecule has 0 radical (unpaired) electrons. The zero-order valence-electron chi connectivity index (χ0n) is 11.3. The molecule has 0 N–H and O–H groups in total. The highest BCUT2D eigenvalue weighted by atomic mass is 19.4. The molecule has 0 aliphatic heterocycles. The van der Waals surface area contributed by atoms with E-state index in [0.29, 0.717) is 17.7 Å². The highest BCUT2D eigenvalue weighted by Gasteiger charge is 2.39. The predicted octanol–water partition coefficient (Wildman–Crippen LogP) is 2.21. The van der Waals surface area contributed by atoms with Crippen molar-refractivity contribution in [2.24, 2.45) is 0 Å². The monoisotopic (exact) mass is 305 g/mol. The van der Waals surface area contributed by atoms with Crippen LogP contribution in [0.2, 0.25) is 0 Å². The van der Waals surface area contributed by atoms with Gasteiger partial charge in [-0.3, -0.25) is 9.59 Å². The maximum Gasteiger partial charge on any atom is 0.406 e. The third kappa shape index (κ3) is 3.56. The normalized spacial score (nSPS) is 15.4. The first-order valence-corrected chi connectivity index (χ1v) is 6.36. The SMILES string of the molecule is COc1coc(C(=O)N(CC(F)(F)F)C2CCC2)cc1=O. The molecule has 2 rings (SSSR count). The fraction of sp³-hybridized carbons (Fsp3) is 0.538. The minimum absolute atomic E-state index is 0.113. The van der Waals surface area contributed by atoms with Crippen LogP contribution in [0.15, 0.2) is 21.5 Å². The Morgan fingerprint density at radius 1 is 1.48 bits per heavy atom. The van der Waals surface area contributed by atoms with Crippen molar-refractivity contribution in [3.8, 4) is 5.75 Å². The first kappa shape index (κ1) is 15.4. The van der Waals surface area contributed by atoms with Crippen LogP contribution in [0.3, 0.4) is 0 Å². The number of ether oxygens (including phenoxy) is 1. The molecule has 1 aliphatic carbocycles. The fourth-order valence-corrected chi connectivity index (χ4v) is 2.06. The molecule has 1 amide bonds. The Balaban J connectivity index is 2.25. The van der Waals surface area contributed by atoms with Gasteiger partial charge in [-0.15, -0.1) is 0 Å². The van der Waals surface area contributed by atoms with E-state index in [2.05, 4.69) is 4.74 Å². The van der Waals surface area contributed by atoms with E-state index in [0.717, 1.165) is 18.8 Å². The molecule has 0 unspecified atom stereocenters. The van der Waals surface area contributed by atoms with Crippen molar-refractivity contribution < 1.29 is 27.1 Å². The highest BCUT2D eigenvalue weighted by Crippen LogP contribution is 2.29. The van der Waals surface area contributed by atoms with E-state index in [1.54, 1.807) is 0 Å². The van der Waals surface area contributed by atoms with Crippen LogP contribution in [0, 0.1) is 0 Å². The van der Waals surface area contributed by atoms with Crippen molar-refractivity contribution in [2.75, 3.05) is 13.7 Å². The van der Waals surface area contributed by atoms with Crippen LogP contribution in [-0.4, -0.2) is 36.7 Å². The van der Waals surface area contributed by atoms with Crippen molar-refractivity contribution >= 4 is 5.91 Å². The number of amides is 1. The Bertz CT molecular complexity index is 578. The van der Waals surface area contributed by atoms with Crippen molar-refractivity contribution in [3.05, 3.63) is 28.3 Å². The van der Waals surface area contributed by atoms with E-state index < -0.39 is 35.9 Å². The quantitative estimate of drug-likeness (QED) is 0.855. The van der Waals surface area contributed by atoms with E-state index >= 15 is 0 Å². The number of carbonyl (C=O) groups is 1. The first-order chi connectivity index (χ1) is 9.81. The molecule has 1 aromatic heterocycles. The topological polar surface area (TPSA) is 59.8 Å². The van der Waals surface area contributed by atoms with E-state index in [9.17, 15) is 22.8 Å². The third-order valence-corrected chi connectivity index (χ3v) is 3.35. The number of nitrogens with zero attached hydrogens (tertiary/aromatic N) is 1. The van der Waals surface area contributed by atoms with Gasteiger partial charge >= 0.3 is 6.18 Å². The van der Waals surface area contributed by atoms with E-state index in [1.165, 1.54) is 7.11 Å². The Morgan fingerprint density at radius 3 is 2.57 bits per heavy atom. The summed E-state index contributed by atoms with van der Waals surface area (Å²) in [5, 5.41) is 0. The average Bonchev–Trinajstić information content (AvgIpc) is 2.33. The summed E-state index contributed by atoms with van der Waals surface area (Å²) < 4.78 is 47.4. The summed E-state index contributed by atoms with van der Waals surface area (Å²) in [7, 11) is 1.25. The standard InChI is InChI=1S/C13H14F3NO4/c1-20-11-6-21-10(5-9(11)18)12(19)17(7-13(14,15)16)8-3-2-4-8/h5-6,8H,2-4,7H2,1H3. The van der Waals surface area contributed by atoms with Crippen LogP contribution in [-0.2, 0) is 0 Å². The Hall–Kier alpha value is -1.99. The number of methoxy groups -OCH3 is 1. The van der Waals surface area contributed by atoms with E-state index in [4.69, 9.17) is 4.42 Å². The molecule has 1 aromatic rings. The summed E-state index contributed by atoms with van der Waals surface area (Å²) in [5.41, 5.74) is -0.618. The molecule has 5 nitrogen and oxygen atoms in total. The molecule has 21 heavy (non-hydrogen) atoms. The molecule has 1 heterocycles. The van der Waals surface area contributed by atoms with Gasteiger partial charge in [-0.1, -0.05) is 0 Å². The summed E-state index contributed by atoms with van der Waals surface area (Å²) in [4.78, 5) is 24.4. The molecule has 116 valence electrons. The van der Waals surface area contributed by atoms with E-state index in [1.807, 2.05) is 0 Å². The molecule has 0 aromatic carbocycles. The van der Waals surface area contributed by atoms with Crippen LogP contribution < -0.4 is 10.2 Å². The summed E-state index contributed by atoms with van der Waals surface area (Å²) in [5.74, 6) is -1.47. The van der Waals surface area contributed by atoms with Crippen LogP contribution in [0.4, 0.5) is 13.2 Å². The van der Waals surface area contributed by atoms with Gasteiger partial charge in [0, 0.05) is 12.1 Å². The van der Waals surface area contributed by atoms with E-state index in [-0.39, 0.29) is 5.75 Å². The van der Waals surface area contributed by atoms with Crippen molar-refractivity contribution in [3.63, 3.8) is 0 Å². The Kier molecular flexibility index (Phi) is 4.24. The minimum Gasteiger partial charge on any atom is -0.490 e. The predicted molar refractivity (Wildman–Crippen MR) is 66.3 cm³/mol. The third-order valence-electron chi connectivity index (χ3n) is 3.35. The lowest BCUT2D eigenvalue weighted by atomic mass is 9.91. The molecule has 0 atom stereocenters. The van der Waals surface area contributed by atoms with Crippen molar-refractivity contribution in [1.29, 1.82) is 0 Å². The zero-order valence-corrected chi connectivity index (χ0v) is 11.3. The molecule has 0 spiro atoms. The number of hydrogen-bond acceptors (Lipinski definition) is 4. The summed E-state index contributed by atoms with van der Waals surface area (Å²) in [6.07, 6.45) is -1.77. The zero-order chi connectivity index (χ0) is 15.6. The van der Waals surface area contributed by atoms with Crippen LogP contribution in [0.1, 0.15) is 29.8 Å². The largest absolute Gasteiger partial charge is 0.490 e. The molecule has 1 saturated carbocycles. The van der Waals surface area contributed by atoms with Gasteiger partial charge in [0.25, 0.3) is 5.91 Å². The lowest BCUT2D eigenvalue weighted by Gasteiger charge is -2.37. The van der Waals surface area contributed by atoms with Crippen LogP contribution in [0.25, 0.3) is 0 Å². The maximum atomic E-state index is 12.6. The molecule has 0 bridgehead atoms. The van der Waals surface area contributed by atoms with Gasteiger partial charge in [0.15, 0.2) is 5.76 Å². The number of halogens is 3. The van der Waals surface area contributed by atoms with Crippen LogP contribution >= 0.6 is 0 Å². The number of hydrogen-bond donors (Lipinski definition) is 0. The highest BCUT2D eigenvalue weighted by molar-refractivity contribution is 5.91. The molecule has 1 aliphatic rings. The van der Waals surface area contributed by atoms with Crippen LogP contribution in [0.5, 0.6) is 5.75 Å². The minimum atomic E-state index is -4.50. The molecule has 0 saturated heterocycles. The molecular formula is C13H14F3NO4. The molecular weight excluding hydrogens is 291 g/mol. The Labute approximate surface area is 118 Å². The van der Waals surface area contributed by atoms with Crippen molar-refractivity contribution in [2.45, 2.75) is 31.5 Å². The van der Waals surface area contributed by atoms with Gasteiger partial charge < -0.3 is 14.1 Å². The van der Waals surface area contributed by atoms with Gasteiger partial charge in [-0.25, -0.2) is 0 Å². The smallest absolute Gasteiger partial charge is 0.406 e. The lowest BCUT2D eigenvalue weighted by Crippen LogP contribution is -2.48. The molecule has 1 fully saturated rings. The first-order valence-electron chi connectivity index (χ1n) is 6.36. The maximum absolute atomic E-state index is 12.6. The van der Waals surface area contributed by atoms with Crippen molar-refractivity contribution in [1.82, 2.24) is 4.90 Å². The second-order valence-electron chi connectivity index (χ2n) is 4.81. The van der Waals surface area contributed by atoms with Gasteiger partial charge in [0.2, 0.25) is 11.2 Å². The second-order valence-corrected chi connectivity index (χ2v) is 4.81. The molecule has 8 heteroatoms. The number of rotatable bonds is 4. The average molecular weight is 305 g/mol. The summed E-state index contributed by atoms with van der Waals surface area (Å²) in [6.45, 7) is -1.35. The van der Waals surface area contributed by atoms with Gasteiger partial charge in [0.05, 0.1) is 7.11 Å². The van der Waals surface area contributed by atoms with Gasteiger partial charge in [-0.05, 0) is 19.3 Å². The second kappa shape index (κ2) is 5.79.